The van der Waals surface area contributed by atoms with Gasteiger partial charge in [-0.1, -0.05) is 6.07 Å². The number of halogens is 1. The second-order valence-corrected chi connectivity index (χ2v) is 4.57. The number of carbonyl (C=O) groups excluding carboxylic acids is 2. The van der Waals surface area contributed by atoms with E-state index in [1.807, 2.05) is 20.8 Å². The molecule has 106 valence electrons. The second kappa shape index (κ2) is 6.99. The van der Waals surface area contributed by atoms with E-state index in [9.17, 15) is 9.59 Å². The summed E-state index contributed by atoms with van der Waals surface area (Å²) in [4.78, 5) is 24.8. The lowest BCUT2D eigenvalue weighted by Gasteiger charge is -2.26. The van der Waals surface area contributed by atoms with E-state index in [1.54, 1.807) is 18.2 Å². The van der Waals surface area contributed by atoms with Gasteiger partial charge in [0.05, 0.1) is 6.54 Å². The van der Waals surface area contributed by atoms with Gasteiger partial charge in [0.1, 0.15) is 0 Å². The quantitative estimate of drug-likeness (QED) is 0.818. The molecule has 0 atom stereocenters. The Labute approximate surface area is 119 Å². The lowest BCUT2D eigenvalue weighted by Crippen LogP contribution is -2.43. The first-order valence-corrected chi connectivity index (χ1v) is 5.78. The monoisotopic (exact) mass is 285 g/mol. The van der Waals surface area contributed by atoms with Crippen LogP contribution in [0.4, 0.5) is 5.69 Å². The lowest BCUT2D eigenvalue weighted by molar-refractivity contribution is -0.119. The molecule has 5 nitrogen and oxygen atoms in total. The van der Waals surface area contributed by atoms with Gasteiger partial charge in [-0.2, -0.15) is 0 Å². The van der Waals surface area contributed by atoms with Gasteiger partial charge >= 0.3 is 0 Å². The summed E-state index contributed by atoms with van der Waals surface area (Å²) in [5.41, 5.74) is 12.7. The van der Waals surface area contributed by atoms with Crippen LogP contribution < -0.4 is 11.5 Å². The highest BCUT2D eigenvalue weighted by Gasteiger charge is 2.21. The highest BCUT2D eigenvalue weighted by molar-refractivity contribution is 5.98. The summed E-state index contributed by atoms with van der Waals surface area (Å²) < 4.78 is 0. The van der Waals surface area contributed by atoms with E-state index in [1.165, 1.54) is 4.90 Å². The third kappa shape index (κ3) is 4.44. The van der Waals surface area contributed by atoms with Crippen LogP contribution in [-0.2, 0) is 4.79 Å². The van der Waals surface area contributed by atoms with Crippen molar-refractivity contribution >= 4 is 29.9 Å². The van der Waals surface area contributed by atoms with Crippen LogP contribution in [0.25, 0.3) is 0 Å². The Morgan fingerprint density at radius 1 is 1.32 bits per heavy atom. The topological polar surface area (TPSA) is 89.4 Å². The third-order valence-corrected chi connectivity index (χ3v) is 2.70. The van der Waals surface area contributed by atoms with Crippen molar-refractivity contribution in [1.82, 2.24) is 4.90 Å². The number of hydrogen-bond donors (Lipinski definition) is 2. The number of rotatable bonds is 4. The van der Waals surface area contributed by atoms with E-state index < -0.39 is 5.91 Å². The molecule has 4 N–H and O–H groups in total. The van der Waals surface area contributed by atoms with Gasteiger partial charge in [0.2, 0.25) is 5.91 Å². The number of nitrogens with two attached hydrogens (primary N) is 2. The minimum Gasteiger partial charge on any atom is -0.399 e. The molecule has 0 aliphatic rings. The van der Waals surface area contributed by atoms with E-state index >= 15 is 0 Å². The maximum atomic E-state index is 12.4. The SMILES string of the molecule is Cc1ccc(N)cc1C(=O)N(CC(N)=O)C(C)C.Cl. The van der Waals surface area contributed by atoms with E-state index in [0.29, 0.717) is 11.3 Å². The van der Waals surface area contributed by atoms with Crippen molar-refractivity contribution in [1.29, 1.82) is 0 Å². The van der Waals surface area contributed by atoms with E-state index in [-0.39, 0.29) is 30.9 Å². The van der Waals surface area contributed by atoms with E-state index in [4.69, 9.17) is 11.5 Å². The van der Waals surface area contributed by atoms with Crippen LogP contribution >= 0.6 is 12.4 Å². The summed E-state index contributed by atoms with van der Waals surface area (Å²) in [5, 5.41) is 0. The normalized spacial score (nSPS) is 9.89. The molecule has 1 aromatic carbocycles. The first kappa shape index (κ1) is 17.2. The van der Waals surface area contributed by atoms with Crippen LogP contribution in [-0.4, -0.2) is 29.3 Å². The summed E-state index contributed by atoms with van der Waals surface area (Å²) in [6, 6.07) is 5.03. The zero-order valence-electron chi connectivity index (χ0n) is 11.3. The molecule has 2 amide bonds. The molecule has 0 bridgehead atoms. The molecule has 0 saturated carbocycles. The van der Waals surface area contributed by atoms with Crippen LogP contribution in [0.1, 0.15) is 29.8 Å². The average molecular weight is 286 g/mol. The fourth-order valence-electron chi connectivity index (χ4n) is 1.68. The zero-order chi connectivity index (χ0) is 13.9. The molecule has 0 heterocycles. The molecule has 0 aliphatic heterocycles. The summed E-state index contributed by atoms with van der Waals surface area (Å²) in [6.07, 6.45) is 0. The molecule has 0 saturated heterocycles. The predicted molar refractivity (Wildman–Crippen MR) is 78.2 cm³/mol. The number of aryl methyl sites for hydroxylation is 1. The van der Waals surface area contributed by atoms with Crippen molar-refractivity contribution in [3.05, 3.63) is 29.3 Å². The van der Waals surface area contributed by atoms with Gasteiger partial charge in [-0.25, -0.2) is 0 Å². The Morgan fingerprint density at radius 3 is 2.37 bits per heavy atom. The predicted octanol–water partition coefficient (Wildman–Crippen LogP) is 1.33. The molecular formula is C13H20ClN3O2. The summed E-state index contributed by atoms with van der Waals surface area (Å²) >= 11 is 0. The third-order valence-electron chi connectivity index (χ3n) is 2.70. The molecule has 0 fully saturated rings. The van der Waals surface area contributed by atoms with Gasteiger partial charge in [0, 0.05) is 17.3 Å². The molecule has 0 spiro atoms. The van der Waals surface area contributed by atoms with Gasteiger partial charge in [-0.15, -0.1) is 12.4 Å². The summed E-state index contributed by atoms with van der Waals surface area (Å²) in [5.74, 6) is -0.757. The van der Waals surface area contributed by atoms with Crippen LogP contribution in [0.15, 0.2) is 18.2 Å². The Balaban J connectivity index is 0.00000324. The van der Waals surface area contributed by atoms with E-state index in [2.05, 4.69) is 0 Å². The van der Waals surface area contributed by atoms with Crippen molar-refractivity contribution in [3.63, 3.8) is 0 Å². The smallest absolute Gasteiger partial charge is 0.254 e. The molecule has 0 unspecified atom stereocenters. The lowest BCUT2D eigenvalue weighted by atomic mass is 10.1. The summed E-state index contributed by atoms with van der Waals surface area (Å²) in [6.45, 7) is 5.41. The van der Waals surface area contributed by atoms with Crippen molar-refractivity contribution < 1.29 is 9.59 Å². The molecule has 0 aliphatic carbocycles. The van der Waals surface area contributed by atoms with Gasteiger partial charge in [-0.3, -0.25) is 9.59 Å². The second-order valence-electron chi connectivity index (χ2n) is 4.57. The Kier molecular flexibility index (Phi) is 6.35. The molecule has 1 rings (SSSR count). The van der Waals surface area contributed by atoms with Crippen molar-refractivity contribution in [2.75, 3.05) is 12.3 Å². The van der Waals surface area contributed by atoms with Crippen LogP contribution in [0.3, 0.4) is 0 Å². The van der Waals surface area contributed by atoms with Gasteiger partial charge in [0.25, 0.3) is 5.91 Å². The highest BCUT2D eigenvalue weighted by Crippen LogP contribution is 2.16. The Hall–Kier alpha value is -1.75. The highest BCUT2D eigenvalue weighted by atomic mass is 35.5. The zero-order valence-corrected chi connectivity index (χ0v) is 12.2. The largest absolute Gasteiger partial charge is 0.399 e. The minimum atomic E-state index is -0.529. The van der Waals surface area contributed by atoms with Crippen LogP contribution in [0.2, 0.25) is 0 Å². The Bertz CT molecular complexity index is 475. The maximum absolute atomic E-state index is 12.4. The standard InChI is InChI=1S/C13H19N3O2.ClH/c1-8(2)16(7-12(15)17)13(18)11-6-10(14)5-4-9(11)3;/h4-6,8H,7,14H2,1-3H3,(H2,15,17);1H. The number of nitrogen functional groups attached to an aromatic ring is 1. The first-order chi connectivity index (χ1) is 8.32. The molecule has 0 aromatic heterocycles. The fraction of sp³-hybridized carbons (Fsp3) is 0.385. The molecule has 0 radical (unpaired) electrons. The van der Waals surface area contributed by atoms with Crippen molar-refractivity contribution in [2.45, 2.75) is 26.8 Å². The summed E-state index contributed by atoms with van der Waals surface area (Å²) in [7, 11) is 0. The van der Waals surface area contributed by atoms with E-state index in [0.717, 1.165) is 5.56 Å². The van der Waals surface area contributed by atoms with Crippen molar-refractivity contribution in [2.24, 2.45) is 5.73 Å². The maximum Gasteiger partial charge on any atom is 0.254 e. The molecule has 1 aromatic rings. The number of hydrogen-bond acceptors (Lipinski definition) is 3. The first-order valence-electron chi connectivity index (χ1n) is 5.78. The van der Waals surface area contributed by atoms with Gasteiger partial charge in [-0.05, 0) is 38.5 Å². The Morgan fingerprint density at radius 2 is 1.89 bits per heavy atom. The van der Waals surface area contributed by atoms with Crippen molar-refractivity contribution in [3.8, 4) is 0 Å². The fourth-order valence-corrected chi connectivity index (χ4v) is 1.68. The number of amides is 2. The number of carbonyl (C=O) groups is 2. The number of nitrogens with zero attached hydrogens (tertiary/aromatic N) is 1. The molecule has 6 heteroatoms. The van der Waals surface area contributed by atoms with Gasteiger partial charge in [0.15, 0.2) is 0 Å². The number of anilines is 1. The molecule has 19 heavy (non-hydrogen) atoms. The van der Waals surface area contributed by atoms with Crippen LogP contribution in [0, 0.1) is 6.92 Å². The average Bonchev–Trinajstić information content (AvgIpc) is 2.27. The minimum absolute atomic E-state index is 0. The van der Waals surface area contributed by atoms with Crippen LogP contribution in [0.5, 0.6) is 0 Å². The number of benzene rings is 1. The van der Waals surface area contributed by atoms with Gasteiger partial charge < -0.3 is 16.4 Å². The number of primary amides is 1. The molecular weight excluding hydrogens is 266 g/mol.